The Bertz CT molecular complexity index is 1280. The maximum Gasteiger partial charge on any atom is 0.341 e. The summed E-state index contributed by atoms with van der Waals surface area (Å²) >= 11 is 6.31. The van der Waals surface area contributed by atoms with Crippen molar-refractivity contribution in [3.8, 4) is 5.75 Å². The van der Waals surface area contributed by atoms with Crippen molar-refractivity contribution < 1.29 is 18.7 Å². The van der Waals surface area contributed by atoms with E-state index in [1.807, 2.05) is 6.92 Å². The van der Waals surface area contributed by atoms with Crippen molar-refractivity contribution in [2.75, 3.05) is 7.11 Å². The van der Waals surface area contributed by atoms with Crippen molar-refractivity contribution >= 4 is 34.2 Å². The topological polar surface area (TPSA) is 83.0 Å². The van der Waals surface area contributed by atoms with Crippen molar-refractivity contribution in [1.29, 1.82) is 0 Å². The van der Waals surface area contributed by atoms with Crippen molar-refractivity contribution in [3.05, 3.63) is 75.0 Å². The van der Waals surface area contributed by atoms with Crippen LogP contribution in [0, 0.1) is 6.92 Å². The number of aromatic nitrogens is 2. The van der Waals surface area contributed by atoms with Crippen LogP contribution in [0.4, 0.5) is 0 Å². The molecule has 0 unspecified atom stereocenters. The van der Waals surface area contributed by atoms with Crippen molar-refractivity contribution in [2.45, 2.75) is 13.5 Å². The first-order valence-corrected chi connectivity index (χ1v) is 8.76. The molecule has 0 bridgehead atoms. The minimum absolute atomic E-state index is 0.115. The number of fused-ring (bicyclic) bond motifs is 2. The van der Waals surface area contributed by atoms with E-state index in [2.05, 4.69) is 4.98 Å². The number of pyridine rings is 1. The molecule has 0 radical (unpaired) electrons. The number of methoxy groups -OCH3 is 1. The molecule has 7 nitrogen and oxygen atoms in total. The molecular weight excluding hydrogens is 384 g/mol. The molecule has 8 heteroatoms. The number of hydrogen-bond donors (Lipinski definition) is 0. The van der Waals surface area contributed by atoms with Crippen LogP contribution in [-0.4, -0.2) is 22.5 Å². The summed E-state index contributed by atoms with van der Waals surface area (Å²) in [6.45, 7) is 1.93. The van der Waals surface area contributed by atoms with Crippen LogP contribution >= 0.6 is 11.6 Å². The molecule has 0 fully saturated rings. The number of hydrogen-bond acceptors (Lipinski definition) is 6. The van der Waals surface area contributed by atoms with E-state index >= 15 is 0 Å². The van der Waals surface area contributed by atoms with Gasteiger partial charge in [-0.05, 0) is 30.7 Å². The third-order valence-electron chi connectivity index (χ3n) is 4.32. The summed E-state index contributed by atoms with van der Waals surface area (Å²) in [5, 5.41) is 1.14. The monoisotopic (exact) mass is 398 g/mol. The van der Waals surface area contributed by atoms with E-state index in [1.54, 1.807) is 41.1 Å². The Kier molecular flexibility index (Phi) is 4.52. The van der Waals surface area contributed by atoms with Gasteiger partial charge in [0.1, 0.15) is 23.5 Å². The van der Waals surface area contributed by atoms with Crippen LogP contribution in [0.1, 0.15) is 21.6 Å². The van der Waals surface area contributed by atoms with E-state index in [-0.39, 0.29) is 6.61 Å². The molecule has 0 saturated carbocycles. The second-order valence-electron chi connectivity index (χ2n) is 6.19. The number of nitrogens with zero attached hydrogens (tertiary/aromatic N) is 2. The highest BCUT2D eigenvalue weighted by Gasteiger charge is 2.14. The molecule has 3 heterocycles. The van der Waals surface area contributed by atoms with Gasteiger partial charge in [0, 0.05) is 29.9 Å². The summed E-state index contributed by atoms with van der Waals surface area (Å²) < 4.78 is 17.5. The number of carbonyl (C=O) groups excluding carboxylic acids is 1. The van der Waals surface area contributed by atoms with Gasteiger partial charge in [0.05, 0.1) is 17.8 Å². The minimum Gasteiger partial charge on any atom is -0.486 e. The standard InChI is InChI=1S/C20H15ClN2O5/c1-11-6-18(24)28-16-8-17(15(21)7-14(11)16)27-10-12-9-23-5-3-4-13(19(23)22-12)20(25)26-2/h3-9H,10H2,1-2H3. The van der Waals surface area contributed by atoms with E-state index in [9.17, 15) is 9.59 Å². The molecule has 0 atom stereocenters. The van der Waals surface area contributed by atoms with Crippen LogP contribution < -0.4 is 10.4 Å². The molecule has 0 N–H and O–H groups in total. The summed E-state index contributed by atoms with van der Waals surface area (Å²) in [6, 6.07) is 8.07. The van der Waals surface area contributed by atoms with Gasteiger partial charge in [-0.25, -0.2) is 14.6 Å². The lowest BCUT2D eigenvalue weighted by molar-refractivity contribution is 0.0602. The minimum atomic E-state index is -0.466. The van der Waals surface area contributed by atoms with E-state index < -0.39 is 11.6 Å². The summed E-state index contributed by atoms with van der Waals surface area (Å²) in [7, 11) is 1.32. The van der Waals surface area contributed by atoms with Crippen LogP contribution in [0.5, 0.6) is 5.75 Å². The number of benzene rings is 1. The zero-order valence-corrected chi connectivity index (χ0v) is 15.8. The number of aryl methyl sites for hydroxylation is 1. The predicted molar refractivity (Wildman–Crippen MR) is 103 cm³/mol. The van der Waals surface area contributed by atoms with Gasteiger partial charge in [0.15, 0.2) is 5.65 Å². The Morgan fingerprint density at radius 2 is 2.14 bits per heavy atom. The Hall–Kier alpha value is -3.32. The van der Waals surface area contributed by atoms with E-state index in [0.717, 1.165) is 10.9 Å². The summed E-state index contributed by atoms with van der Waals surface area (Å²) in [5.74, 6) is -0.0974. The van der Waals surface area contributed by atoms with Crippen molar-refractivity contribution in [1.82, 2.24) is 9.38 Å². The normalized spacial score (nSPS) is 11.1. The molecule has 0 aliphatic heterocycles. The Balaban J connectivity index is 1.65. The van der Waals surface area contributed by atoms with Gasteiger partial charge >= 0.3 is 11.6 Å². The van der Waals surface area contributed by atoms with Gasteiger partial charge in [-0.3, -0.25) is 0 Å². The third-order valence-corrected chi connectivity index (χ3v) is 4.61. The highest BCUT2D eigenvalue weighted by Crippen LogP contribution is 2.31. The average Bonchev–Trinajstić information content (AvgIpc) is 3.09. The largest absolute Gasteiger partial charge is 0.486 e. The van der Waals surface area contributed by atoms with Crippen LogP contribution in [0.2, 0.25) is 5.02 Å². The highest BCUT2D eigenvalue weighted by molar-refractivity contribution is 6.32. The molecular formula is C20H15ClN2O5. The third kappa shape index (κ3) is 3.20. The number of ether oxygens (including phenoxy) is 2. The fourth-order valence-electron chi connectivity index (χ4n) is 2.98. The van der Waals surface area contributed by atoms with Gasteiger partial charge in [0.2, 0.25) is 0 Å². The van der Waals surface area contributed by atoms with Crippen LogP contribution in [0.25, 0.3) is 16.6 Å². The first-order valence-electron chi connectivity index (χ1n) is 8.38. The maximum atomic E-state index is 11.9. The number of esters is 1. The molecule has 0 aliphatic rings. The highest BCUT2D eigenvalue weighted by atomic mass is 35.5. The zero-order valence-electron chi connectivity index (χ0n) is 15.1. The summed E-state index contributed by atoms with van der Waals surface area (Å²) in [4.78, 5) is 27.9. The first kappa shape index (κ1) is 18.1. The van der Waals surface area contributed by atoms with Gasteiger partial charge in [-0.2, -0.15) is 0 Å². The van der Waals surface area contributed by atoms with Crippen LogP contribution in [0.3, 0.4) is 0 Å². The van der Waals surface area contributed by atoms with E-state index in [0.29, 0.717) is 33.3 Å². The zero-order chi connectivity index (χ0) is 19.8. The molecule has 3 aromatic heterocycles. The van der Waals surface area contributed by atoms with Crippen LogP contribution in [-0.2, 0) is 11.3 Å². The number of imidazole rings is 1. The summed E-state index contributed by atoms with van der Waals surface area (Å²) in [5.41, 5.74) is 2.16. The molecule has 0 aliphatic carbocycles. The van der Waals surface area contributed by atoms with Gasteiger partial charge in [0.25, 0.3) is 0 Å². The van der Waals surface area contributed by atoms with Gasteiger partial charge < -0.3 is 18.3 Å². The lowest BCUT2D eigenvalue weighted by Crippen LogP contribution is -2.03. The molecule has 28 heavy (non-hydrogen) atoms. The molecule has 142 valence electrons. The summed E-state index contributed by atoms with van der Waals surface area (Å²) in [6.07, 6.45) is 3.53. The van der Waals surface area contributed by atoms with Crippen molar-refractivity contribution in [2.24, 2.45) is 0 Å². The quantitative estimate of drug-likeness (QED) is 0.384. The lowest BCUT2D eigenvalue weighted by atomic mass is 10.1. The SMILES string of the molecule is COC(=O)c1cccn2cc(COc3cc4oc(=O)cc(C)c4cc3Cl)nc12. The van der Waals surface area contributed by atoms with Gasteiger partial charge in [-0.15, -0.1) is 0 Å². The molecule has 0 amide bonds. The molecule has 0 saturated heterocycles. The average molecular weight is 399 g/mol. The Morgan fingerprint density at radius 3 is 2.93 bits per heavy atom. The van der Waals surface area contributed by atoms with E-state index in [4.69, 9.17) is 25.5 Å². The van der Waals surface area contributed by atoms with Crippen molar-refractivity contribution in [3.63, 3.8) is 0 Å². The van der Waals surface area contributed by atoms with Gasteiger partial charge in [-0.1, -0.05) is 11.6 Å². The van der Waals surface area contributed by atoms with Crippen LogP contribution in [0.15, 0.2) is 51.9 Å². The molecule has 4 aromatic rings. The Labute approximate surface area is 164 Å². The Morgan fingerprint density at radius 1 is 1.32 bits per heavy atom. The predicted octanol–water partition coefficient (Wildman–Crippen LogP) is 3.77. The fourth-order valence-corrected chi connectivity index (χ4v) is 3.20. The second kappa shape index (κ2) is 7.01. The second-order valence-corrected chi connectivity index (χ2v) is 6.60. The lowest BCUT2D eigenvalue weighted by Gasteiger charge is -2.08. The molecule has 0 spiro atoms. The fraction of sp³-hybridized carbons (Fsp3) is 0.150. The number of carbonyl (C=O) groups is 1. The smallest absolute Gasteiger partial charge is 0.341 e. The van der Waals surface area contributed by atoms with E-state index in [1.165, 1.54) is 13.2 Å². The number of rotatable bonds is 4. The molecule has 4 rings (SSSR count). The molecule has 1 aromatic carbocycles. The maximum absolute atomic E-state index is 11.9. The number of halogens is 1. The first-order chi connectivity index (χ1) is 13.5.